The average molecular weight is 479 g/mol. The van der Waals surface area contributed by atoms with Gasteiger partial charge in [-0.1, -0.05) is 35.3 Å². The Hall–Kier alpha value is -1.74. The lowest BCUT2D eigenvalue weighted by atomic mass is 10.2. The van der Waals surface area contributed by atoms with Crippen LogP contribution in [0.25, 0.3) is 10.9 Å². The van der Waals surface area contributed by atoms with Gasteiger partial charge in [-0.25, -0.2) is 8.42 Å². The van der Waals surface area contributed by atoms with Crippen LogP contribution in [-0.2, 0) is 16.6 Å². The molecule has 1 atom stereocenters. The first-order valence-corrected chi connectivity index (χ1v) is 12.3. The molecule has 164 valence electrons. The molecule has 31 heavy (non-hydrogen) atoms. The molecular formula is C22H24Cl2N4O2S. The van der Waals surface area contributed by atoms with Crippen LogP contribution in [0.4, 0.5) is 0 Å². The summed E-state index contributed by atoms with van der Waals surface area (Å²) < 4.78 is 29.0. The second kappa shape index (κ2) is 9.40. The third-order valence-corrected chi connectivity index (χ3v) is 7.71. The van der Waals surface area contributed by atoms with Crippen LogP contribution in [-0.4, -0.2) is 55.5 Å². The quantitative estimate of drug-likeness (QED) is 0.580. The van der Waals surface area contributed by atoms with Crippen molar-refractivity contribution in [2.24, 2.45) is 0 Å². The summed E-state index contributed by atoms with van der Waals surface area (Å²) >= 11 is 12.1. The van der Waals surface area contributed by atoms with Gasteiger partial charge in [-0.3, -0.25) is 14.8 Å². The Balaban J connectivity index is 1.40. The fraction of sp³-hybridized carbons (Fsp3) is 0.318. The smallest absolute Gasteiger partial charge is 0.242 e. The molecule has 9 heteroatoms. The van der Waals surface area contributed by atoms with Gasteiger partial charge in [0.05, 0.1) is 21.6 Å². The van der Waals surface area contributed by atoms with E-state index in [2.05, 4.69) is 19.5 Å². The first kappa shape index (κ1) is 22.5. The molecule has 1 aromatic heterocycles. The van der Waals surface area contributed by atoms with E-state index in [1.807, 2.05) is 31.2 Å². The molecule has 0 radical (unpaired) electrons. The molecule has 4 rings (SSSR count). The van der Waals surface area contributed by atoms with Gasteiger partial charge in [0, 0.05) is 49.3 Å². The number of pyridine rings is 1. The Bertz CT molecular complexity index is 1160. The van der Waals surface area contributed by atoms with Gasteiger partial charge in [-0.15, -0.1) is 0 Å². The van der Waals surface area contributed by atoms with Gasteiger partial charge in [-0.2, -0.15) is 4.72 Å². The Morgan fingerprint density at radius 3 is 2.45 bits per heavy atom. The highest BCUT2D eigenvalue weighted by Gasteiger charge is 2.26. The van der Waals surface area contributed by atoms with E-state index in [-0.39, 0.29) is 11.1 Å². The maximum atomic E-state index is 13.1. The van der Waals surface area contributed by atoms with Crippen molar-refractivity contribution in [1.29, 1.82) is 0 Å². The van der Waals surface area contributed by atoms with Crippen molar-refractivity contribution in [3.8, 4) is 0 Å². The Kier molecular flexibility index (Phi) is 6.81. The minimum absolute atomic E-state index is 0.188. The second-order valence-electron chi connectivity index (χ2n) is 7.68. The molecule has 1 unspecified atom stereocenters. The van der Waals surface area contributed by atoms with Crippen molar-refractivity contribution >= 4 is 44.1 Å². The Labute approximate surface area is 192 Å². The molecule has 6 nitrogen and oxygen atoms in total. The summed E-state index contributed by atoms with van der Waals surface area (Å²) in [6, 6.07) is 14.4. The summed E-state index contributed by atoms with van der Waals surface area (Å²) in [5, 5.41) is 1.68. The number of piperazine rings is 1. The van der Waals surface area contributed by atoms with Crippen LogP contribution in [0.3, 0.4) is 0 Å². The zero-order chi connectivity index (χ0) is 22.0. The highest BCUT2D eigenvalue weighted by Crippen LogP contribution is 2.27. The molecular weight excluding hydrogens is 455 g/mol. The third-order valence-electron chi connectivity index (χ3n) is 5.57. The predicted molar refractivity (Wildman–Crippen MR) is 125 cm³/mol. The molecule has 2 heterocycles. The minimum atomic E-state index is -3.73. The molecule has 1 aliphatic rings. The summed E-state index contributed by atoms with van der Waals surface area (Å²) in [6.07, 6.45) is 1.27. The number of benzene rings is 2. The average Bonchev–Trinajstić information content (AvgIpc) is 2.76. The van der Waals surface area contributed by atoms with E-state index >= 15 is 0 Å². The fourth-order valence-corrected chi connectivity index (χ4v) is 5.63. The van der Waals surface area contributed by atoms with E-state index in [1.54, 1.807) is 24.4 Å². The number of hydrogen-bond donors (Lipinski definition) is 1. The van der Waals surface area contributed by atoms with E-state index in [1.165, 1.54) is 11.6 Å². The van der Waals surface area contributed by atoms with E-state index < -0.39 is 10.0 Å². The van der Waals surface area contributed by atoms with Gasteiger partial charge >= 0.3 is 0 Å². The number of nitrogens with one attached hydrogen (secondary N) is 1. The number of aromatic nitrogens is 1. The van der Waals surface area contributed by atoms with Crippen LogP contribution in [0.1, 0.15) is 12.5 Å². The summed E-state index contributed by atoms with van der Waals surface area (Å²) in [7, 11) is -3.73. The highest BCUT2D eigenvalue weighted by molar-refractivity contribution is 7.89. The zero-order valence-electron chi connectivity index (χ0n) is 17.1. The maximum absolute atomic E-state index is 13.1. The second-order valence-corrected chi connectivity index (χ2v) is 10.2. The molecule has 0 aliphatic carbocycles. The van der Waals surface area contributed by atoms with E-state index in [4.69, 9.17) is 23.2 Å². The van der Waals surface area contributed by atoms with Gasteiger partial charge in [0.15, 0.2) is 0 Å². The minimum Gasteiger partial charge on any atom is -0.297 e. The lowest BCUT2D eigenvalue weighted by molar-refractivity contribution is 0.0939. The number of hydrogen-bond acceptors (Lipinski definition) is 5. The number of rotatable bonds is 6. The van der Waals surface area contributed by atoms with Crippen molar-refractivity contribution in [1.82, 2.24) is 19.5 Å². The number of sulfonamides is 1. The van der Waals surface area contributed by atoms with Gasteiger partial charge in [0.1, 0.15) is 0 Å². The maximum Gasteiger partial charge on any atom is 0.242 e. The number of nitrogens with zero attached hydrogens (tertiary/aromatic N) is 3. The first-order chi connectivity index (χ1) is 14.8. The number of halogens is 2. The molecule has 0 bridgehead atoms. The normalized spacial score (nSPS) is 17.1. The van der Waals surface area contributed by atoms with E-state index in [0.717, 1.165) is 37.7 Å². The van der Waals surface area contributed by atoms with Crippen LogP contribution in [0.15, 0.2) is 59.6 Å². The van der Waals surface area contributed by atoms with Crippen LogP contribution >= 0.6 is 23.2 Å². The molecule has 1 aliphatic heterocycles. The molecule has 0 amide bonds. The molecule has 0 saturated carbocycles. The van der Waals surface area contributed by atoms with Crippen LogP contribution in [0, 0.1) is 0 Å². The van der Waals surface area contributed by atoms with Crippen LogP contribution < -0.4 is 4.72 Å². The van der Waals surface area contributed by atoms with Gasteiger partial charge in [-0.05, 0) is 48.9 Å². The molecule has 0 spiro atoms. The summed E-state index contributed by atoms with van der Waals surface area (Å²) in [6.45, 7) is 6.02. The van der Waals surface area contributed by atoms with E-state index in [0.29, 0.717) is 15.9 Å². The standard InChI is InChI=1S/C22H24Cl2N4O2S/c1-16(28-13-11-27(12-14-28)15-17-4-6-18(23)7-5-17)26-31(29,30)21-9-8-20(24)22-19(21)3-2-10-25-22/h2-10,16,26H,11-15H2,1H3. The van der Waals surface area contributed by atoms with Crippen LogP contribution in [0.5, 0.6) is 0 Å². The molecule has 1 N–H and O–H groups in total. The third kappa shape index (κ3) is 5.19. The lowest BCUT2D eigenvalue weighted by Gasteiger charge is -2.38. The van der Waals surface area contributed by atoms with Crippen molar-refractivity contribution in [3.63, 3.8) is 0 Å². The predicted octanol–water partition coefficient (Wildman–Crippen LogP) is 3.98. The highest BCUT2D eigenvalue weighted by atomic mass is 35.5. The Morgan fingerprint density at radius 2 is 1.74 bits per heavy atom. The van der Waals surface area contributed by atoms with Crippen LogP contribution in [0.2, 0.25) is 10.0 Å². The monoisotopic (exact) mass is 478 g/mol. The Morgan fingerprint density at radius 1 is 1.03 bits per heavy atom. The van der Waals surface area contributed by atoms with Crippen molar-refractivity contribution in [2.75, 3.05) is 26.2 Å². The van der Waals surface area contributed by atoms with Crippen molar-refractivity contribution < 1.29 is 8.42 Å². The van der Waals surface area contributed by atoms with Crippen molar-refractivity contribution in [3.05, 3.63) is 70.3 Å². The molecule has 1 saturated heterocycles. The zero-order valence-corrected chi connectivity index (χ0v) is 19.5. The summed E-state index contributed by atoms with van der Waals surface area (Å²) in [4.78, 5) is 8.92. The SMILES string of the molecule is CC(NS(=O)(=O)c1ccc(Cl)c2ncccc12)N1CCN(Cc2ccc(Cl)cc2)CC1. The molecule has 1 fully saturated rings. The lowest BCUT2D eigenvalue weighted by Crippen LogP contribution is -2.54. The van der Waals surface area contributed by atoms with Gasteiger partial charge in [0.25, 0.3) is 0 Å². The summed E-state index contributed by atoms with van der Waals surface area (Å²) in [5.41, 5.74) is 1.70. The molecule has 2 aromatic carbocycles. The summed E-state index contributed by atoms with van der Waals surface area (Å²) in [5.74, 6) is 0. The number of fused-ring (bicyclic) bond motifs is 1. The van der Waals surface area contributed by atoms with Gasteiger partial charge in [0.2, 0.25) is 10.0 Å². The first-order valence-electron chi connectivity index (χ1n) is 10.1. The molecule has 3 aromatic rings. The van der Waals surface area contributed by atoms with Crippen molar-refractivity contribution in [2.45, 2.75) is 24.5 Å². The topological polar surface area (TPSA) is 65.5 Å². The fourth-order valence-electron chi connectivity index (χ4n) is 3.87. The van der Waals surface area contributed by atoms with E-state index in [9.17, 15) is 8.42 Å². The van der Waals surface area contributed by atoms with Gasteiger partial charge < -0.3 is 0 Å². The largest absolute Gasteiger partial charge is 0.297 e.